The molecule has 1 fully saturated rings. The first kappa shape index (κ1) is 10.7. The molecule has 1 aliphatic carbocycles. The highest BCUT2D eigenvalue weighted by molar-refractivity contribution is 4.96. The Hall–Kier alpha value is -0.860. The zero-order valence-electron chi connectivity index (χ0n) is 9.70. The van der Waals surface area contributed by atoms with E-state index in [4.69, 9.17) is 4.52 Å². The van der Waals surface area contributed by atoms with E-state index in [2.05, 4.69) is 24.0 Å². The molecule has 15 heavy (non-hydrogen) atoms. The molecular weight excluding hydrogens is 188 g/mol. The van der Waals surface area contributed by atoms with Gasteiger partial charge < -0.3 is 4.52 Å². The monoisotopic (exact) mass is 208 g/mol. The first-order valence-electron chi connectivity index (χ1n) is 6.16. The number of nitrogens with zero attached hydrogens (tertiary/aromatic N) is 2. The van der Waals surface area contributed by atoms with Gasteiger partial charge >= 0.3 is 0 Å². The van der Waals surface area contributed by atoms with Crippen LogP contribution in [0.4, 0.5) is 0 Å². The molecular formula is C12H20N2O. The lowest BCUT2D eigenvalue weighted by Crippen LogP contribution is -2.12. The van der Waals surface area contributed by atoms with Gasteiger partial charge in [0.2, 0.25) is 5.89 Å². The predicted molar refractivity (Wildman–Crippen MR) is 58.7 cm³/mol. The highest BCUT2D eigenvalue weighted by Gasteiger charge is 2.25. The van der Waals surface area contributed by atoms with Gasteiger partial charge in [0.15, 0.2) is 5.82 Å². The minimum absolute atomic E-state index is 0.528. The first-order chi connectivity index (χ1) is 7.33. The van der Waals surface area contributed by atoms with Gasteiger partial charge in [-0.2, -0.15) is 4.98 Å². The van der Waals surface area contributed by atoms with Crippen molar-refractivity contribution in [1.29, 1.82) is 0 Å². The number of hydrogen-bond donors (Lipinski definition) is 0. The van der Waals surface area contributed by atoms with E-state index in [0.717, 1.165) is 24.1 Å². The Labute approximate surface area is 91.3 Å². The topological polar surface area (TPSA) is 38.9 Å². The molecule has 3 heteroatoms. The molecule has 0 amide bonds. The van der Waals surface area contributed by atoms with Crippen molar-refractivity contribution in [2.24, 2.45) is 5.92 Å². The summed E-state index contributed by atoms with van der Waals surface area (Å²) in [5, 5.41) is 3.96. The van der Waals surface area contributed by atoms with E-state index < -0.39 is 0 Å². The predicted octanol–water partition coefficient (Wildman–Crippen LogP) is 3.32. The average Bonchev–Trinajstić information content (AvgIpc) is 2.78. The normalized spacial score (nSPS) is 26.8. The Morgan fingerprint density at radius 3 is 2.47 bits per heavy atom. The third-order valence-corrected chi connectivity index (χ3v) is 3.57. The second-order valence-corrected chi connectivity index (χ2v) is 4.53. The summed E-state index contributed by atoms with van der Waals surface area (Å²) in [6.45, 7) is 4.34. The van der Waals surface area contributed by atoms with Crippen LogP contribution in [0, 0.1) is 5.92 Å². The summed E-state index contributed by atoms with van der Waals surface area (Å²) in [5.41, 5.74) is 0. The molecule has 0 radical (unpaired) electrons. The summed E-state index contributed by atoms with van der Waals surface area (Å²) >= 11 is 0. The van der Waals surface area contributed by atoms with Crippen molar-refractivity contribution in [2.45, 2.75) is 58.3 Å². The van der Waals surface area contributed by atoms with Gasteiger partial charge in [-0.15, -0.1) is 0 Å². The van der Waals surface area contributed by atoms with E-state index in [0.29, 0.717) is 5.92 Å². The number of aryl methyl sites for hydroxylation is 1. The summed E-state index contributed by atoms with van der Waals surface area (Å²) in [5.74, 6) is 3.18. The van der Waals surface area contributed by atoms with Gasteiger partial charge in [0, 0.05) is 12.3 Å². The summed E-state index contributed by atoms with van der Waals surface area (Å²) in [4.78, 5) is 4.43. The van der Waals surface area contributed by atoms with E-state index in [1.165, 1.54) is 32.1 Å². The van der Waals surface area contributed by atoms with Crippen molar-refractivity contribution >= 4 is 0 Å². The van der Waals surface area contributed by atoms with Gasteiger partial charge in [0.05, 0.1) is 0 Å². The zero-order chi connectivity index (χ0) is 10.7. The quantitative estimate of drug-likeness (QED) is 0.765. The Balaban J connectivity index is 1.95. The van der Waals surface area contributed by atoms with Crippen LogP contribution in [0.3, 0.4) is 0 Å². The van der Waals surface area contributed by atoms with E-state index in [1.54, 1.807) is 0 Å². The summed E-state index contributed by atoms with van der Waals surface area (Å²) < 4.78 is 5.30. The van der Waals surface area contributed by atoms with Crippen LogP contribution in [-0.2, 0) is 6.42 Å². The van der Waals surface area contributed by atoms with Crippen LogP contribution in [0.15, 0.2) is 4.52 Å². The zero-order valence-corrected chi connectivity index (χ0v) is 9.70. The first-order valence-corrected chi connectivity index (χ1v) is 6.16. The van der Waals surface area contributed by atoms with Crippen LogP contribution >= 0.6 is 0 Å². The minimum atomic E-state index is 0.528. The second kappa shape index (κ2) is 4.77. The Bertz CT molecular complexity index is 300. The van der Waals surface area contributed by atoms with Crippen molar-refractivity contribution in [2.75, 3.05) is 0 Å². The van der Waals surface area contributed by atoms with Crippen LogP contribution in [0.1, 0.15) is 63.6 Å². The van der Waals surface area contributed by atoms with E-state index in [-0.39, 0.29) is 0 Å². The average molecular weight is 208 g/mol. The molecule has 0 bridgehead atoms. The third kappa shape index (κ3) is 2.39. The van der Waals surface area contributed by atoms with Crippen LogP contribution in [-0.4, -0.2) is 10.1 Å². The lowest BCUT2D eigenvalue weighted by Gasteiger charge is -2.25. The van der Waals surface area contributed by atoms with Gasteiger partial charge in [-0.3, -0.25) is 0 Å². The summed E-state index contributed by atoms with van der Waals surface area (Å²) in [7, 11) is 0. The van der Waals surface area contributed by atoms with Crippen molar-refractivity contribution in [3.05, 3.63) is 11.7 Å². The van der Waals surface area contributed by atoms with Crippen LogP contribution in [0.25, 0.3) is 0 Å². The van der Waals surface area contributed by atoms with Crippen LogP contribution in [0.2, 0.25) is 0 Å². The molecule has 1 aromatic heterocycles. The fourth-order valence-corrected chi connectivity index (χ4v) is 2.39. The van der Waals surface area contributed by atoms with Crippen LogP contribution < -0.4 is 0 Å². The van der Waals surface area contributed by atoms with Crippen molar-refractivity contribution in [3.63, 3.8) is 0 Å². The molecule has 0 atom stereocenters. The van der Waals surface area contributed by atoms with Gasteiger partial charge in [0.1, 0.15) is 0 Å². The molecule has 1 saturated carbocycles. The molecule has 1 heterocycles. The molecule has 1 aliphatic rings. The minimum Gasteiger partial charge on any atom is -0.339 e. The van der Waals surface area contributed by atoms with Gasteiger partial charge in [0.25, 0.3) is 0 Å². The molecule has 2 rings (SSSR count). The number of aromatic nitrogens is 2. The largest absolute Gasteiger partial charge is 0.339 e. The molecule has 3 nitrogen and oxygen atoms in total. The van der Waals surface area contributed by atoms with Crippen molar-refractivity contribution in [1.82, 2.24) is 10.1 Å². The highest BCUT2D eigenvalue weighted by Crippen LogP contribution is 2.36. The molecule has 0 saturated heterocycles. The maximum atomic E-state index is 5.30. The maximum absolute atomic E-state index is 5.30. The SMILES string of the molecule is CCc1noc(C2CCC(CC)CC2)n1. The molecule has 0 aromatic carbocycles. The van der Waals surface area contributed by atoms with Crippen LogP contribution in [0.5, 0.6) is 0 Å². The number of hydrogen-bond acceptors (Lipinski definition) is 3. The third-order valence-electron chi connectivity index (χ3n) is 3.57. The second-order valence-electron chi connectivity index (χ2n) is 4.53. The molecule has 84 valence electrons. The van der Waals surface area contributed by atoms with E-state index in [1.807, 2.05) is 0 Å². The fourth-order valence-electron chi connectivity index (χ4n) is 2.39. The molecule has 1 aromatic rings. The van der Waals surface area contributed by atoms with Gasteiger partial charge in [-0.25, -0.2) is 0 Å². The fraction of sp³-hybridized carbons (Fsp3) is 0.833. The van der Waals surface area contributed by atoms with E-state index in [9.17, 15) is 0 Å². The maximum Gasteiger partial charge on any atom is 0.229 e. The molecule has 0 spiro atoms. The standard InChI is InChI=1S/C12H20N2O/c1-3-9-5-7-10(8-6-9)12-13-11(4-2)14-15-12/h9-10H,3-8H2,1-2H3. The molecule has 0 N–H and O–H groups in total. The Kier molecular flexibility index (Phi) is 3.39. The van der Waals surface area contributed by atoms with Gasteiger partial charge in [-0.1, -0.05) is 25.4 Å². The van der Waals surface area contributed by atoms with Crippen molar-refractivity contribution < 1.29 is 4.52 Å². The number of rotatable bonds is 3. The molecule has 0 aliphatic heterocycles. The summed E-state index contributed by atoms with van der Waals surface area (Å²) in [6.07, 6.45) is 7.29. The lowest BCUT2D eigenvalue weighted by atomic mass is 9.81. The Morgan fingerprint density at radius 1 is 1.20 bits per heavy atom. The van der Waals surface area contributed by atoms with Crippen molar-refractivity contribution in [3.8, 4) is 0 Å². The lowest BCUT2D eigenvalue weighted by molar-refractivity contribution is 0.267. The van der Waals surface area contributed by atoms with E-state index >= 15 is 0 Å². The smallest absolute Gasteiger partial charge is 0.229 e. The van der Waals surface area contributed by atoms with Gasteiger partial charge in [-0.05, 0) is 31.6 Å². The molecule has 0 unspecified atom stereocenters. The summed E-state index contributed by atoms with van der Waals surface area (Å²) in [6, 6.07) is 0. The highest BCUT2D eigenvalue weighted by atomic mass is 16.5. The Morgan fingerprint density at radius 2 is 1.93 bits per heavy atom.